The van der Waals surface area contributed by atoms with E-state index < -0.39 is 0 Å². The van der Waals surface area contributed by atoms with Crippen LogP contribution >= 0.6 is 0 Å². The van der Waals surface area contributed by atoms with Crippen molar-refractivity contribution in [3.63, 3.8) is 0 Å². The molecule has 0 aliphatic heterocycles. The highest BCUT2D eigenvalue weighted by molar-refractivity contribution is 6.16. The van der Waals surface area contributed by atoms with E-state index in [9.17, 15) is 0 Å². The van der Waals surface area contributed by atoms with Crippen molar-refractivity contribution in [2.24, 2.45) is 0 Å². The zero-order valence-electron chi connectivity index (χ0n) is 31.2. The van der Waals surface area contributed by atoms with Gasteiger partial charge in [0.2, 0.25) is 0 Å². The third-order valence-electron chi connectivity index (χ3n) is 11.4. The van der Waals surface area contributed by atoms with Crippen molar-refractivity contribution in [2.75, 3.05) is 0 Å². The first-order chi connectivity index (χ1) is 28.8. The van der Waals surface area contributed by atoms with E-state index in [1.54, 1.807) is 0 Å². The van der Waals surface area contributed by atoms with Crippen LogP contribution in [0.4, 0.5) is 0 Å². The number of benzene rings is 9. The van der Waals surface area contributed by atoms with Gasteiger partial charge < -0.3 is 8.98 Å². The molecule has 0 spiro atoms. The van der Waals surface area contributed by atoms with Crippen molar-refractivity contribution >= 4 is 65.3 Å². The zero-order valence-corrected chi connectivity index (χ0v) is 31.2. The molecule has 0 fully saturated rings. The van der Waals surface area contributed by atoms with Gasteiger partial charge in [-0.3, -0.25) is 0 Å². The SMILES string of the molecule is c1ccc(-c2nc(-c3ccc(-n4c5ccccc5c5cc6ccccc6cc54)c4c(-c5ccccc5)cccc34)nc(-c3cccc4c3oc3ccccc34)n2)cc1. The lowest BCUT2D eigenvalue weighted by atomic mass is 9.93. The second kappa shape index (κ2) is 12.8. The Labute approximate surface area is 333 Å². The summed E-state index contributed by atoms with van der Waals surface area (Å²) in [6.45, 7) is 0. The molecule has 0 N–H and O–H groups in total. The van der Waals surface area contributed by atoms with Crippen LogP contribution < -0.4 is 0 Å². The second-order valence-electron chi connectivity index (χ2n) is 14.7. The van der Waals surface area contributed by atoms with Crippen LogP contribution in [-0.4, -0.2) is 19.5 Å². The van der Waals surface area contributed by atoms with Crippen molar-refractivity contribution < 1.29 is 4.42 Å². The topological polar surface area (TPSA) is 56.7 Å². The molecule has 0 bridgehead atoms. The highest BCUT2D eigenvalue weighted by Gasteiger charge is 2.22. The van der Waals surface area contributed by atoms with Crippen LogP contribution in [0.5, 0.6) is 0 Å². The lowest BCUT2D eigenvalue weighted by molar-refractivity contribution is 0.669. The van der Waals surface area contributed by atoms with Crippen molar-refractivity contribution in [2.45, 2.75) is 0 Å². The largest absolute Gasteiger partial charge is 0.455 e. The Morgan fingerprint density at radius 2 is 0.966 bits per heavy atom. The molecule has 0 aliphatic rings. The minimum Gasteiger partial charge on any atom is -0.455 e. The van der Waals surface area contributed by atoms with Gasteiger partial charge in [0.15, 0.2) is 17.5 Å². The molecule has 0 aliphatic carbocycles. The number of nitrogens with zero attached hydrogens (tertiary/aromatic N) is 4. The molecular weight excluding hydrogens is 709 g/mol. The number of rotatable bonds is 5. The Bertz CT molecular complexity index is 3570. The van der Waals surface area contributed by atoms with Crippen LogP contribution in [0.2, 0.25) is 0 Å². The van der Waals surface area contributed by atoms with Gasteiger partial charge in [-0.25, -0.2) is 15.0 Å². The normalized spacial score (nSPS) is 11.8. The fraction of sp³-hybridized carbons (Fsp3) is 0. The number of furan rings is 1. The number of hydrogen-bond donors (Lipinski definition) is 0. The first-order valence-corrected chi connectivity index (χ1v) is 19.5. The lowest BCUT2D eigenvalue weighted by Crippen LogP contribution is -2.02. The molecule has 5 nitrogen and oxygen atoms in total. The van der Waals surface area contributed by atoms with Crippen molar-refractivity contribution in [3.05, 3.63) is 194 Å². The monoisotopic (exact) mass is 740 g/mol. The molecule has 0 radical (unpaired) electrons. The summed E-state index contributed by atoms with van der Waals surface area (Å²) in [5.74, 6) is 1.74. The molecule has 3 aromatic heterocycles. The summed E-state index contributed by atoms with van der Waals surface area (Å²) in [7, 11) is 0. The summed E-state index contributed by atoms with van der Waals surface area (Å²) in [5, 5.41) is 9.11. The van der Waals surface area contributed by atoms with Gasteiger partial charge in [-0.2, -0.15) is 0 Å². The maximum atomic E-state index is 6.52. The second-order valence-corrected chi connectivity index (χ2v) is 14.7. The summed E-state index contributed by atoms with van der Waals surface area (Å²) < 4.78 is 8.95. The van der Waals surface area contributed by atoms with E-state index in [1.165, 1.54) is 21.5 Å². The fourth-order valence-corrected chi connectivity index (χ4v) is 8.80. The lowest BCUT2D eigenvalue weighted by Gasteiger charge is -2.18. The van der Waals surface area contributed by atoms with Gasteiger partial charge in [-0.1, -0.05) is 152 Å². The first-order valence-electron chi connectivity index (χ1n) is 19.5. The van der Waals surface area contributed by atoms with E-state index in [2.05, 4.69) is 144 Å². The van der Waals surface area contributed by atoms with Gasteiger partial charge in [0.05, 0.1) is 22.3 Å². The van der Waals surface area contributed by atoms with Crippen LogP contribution in [0, 0.1) is 0 Å². The average Bonchev–Trinajstić information content (AvgIpc) is 3.83. The molecule has 12 rings (SSSR count). The Morgan fingerprint density at radius 3 is 1.78 bits per heavy atom. The molecule has 3 heterocycles. The Morgan fingerprint density at radius 1 is 0.362 bits per heavy atom. The van der Waals surface area contributed by atoms with Gasteiger partial charge in [0.25, 0.3) is 0 Å². The van der Waals surface area contributed by atoms with E-state index in [0.29, 0.717) is 17.5 Å². The van der Waals surface area contributed by atoms with E-state index in [-0.39, 0.29) is 0 Å². The van der Waals surface area contributed by atoms with Gasteiger partial charge in [0.1, 0.15) is 11.2 Å². The molecule has 9 aromatic carbocycles. The zero-order chi connectivity index (χ0) is 38.2. The van der Waals surface area contributed by atoms with E-state index in [1.807, 2.05) is 54.6 Å². The minimum atomic E-state index is 0.555. The highest BCUT2D eigenvalue weighted by Crippen LogP contribution is 2.43. The van der Waals surface area contributed by atoms with Gasteiger partial charge in [-0.15, -0.1) is 0 Å². The highest BCUT2D eigenvalue weighted by atomic mass is 16.3. The molecule has 0 saturated carbocycles. The Kier molecular flexibility index (Phi) is 7.16. The van der Waals surface area contributed by atoms with Gasteiger partial charge >= 0.3 is 0 Å². The third kappa shape index (κ3) is 5.00. The summed E-state index contributed by atoms with van der Waals surface area (Å²) in [4.78, 5) is 15.7. The number of para-hydroxylation sites is 3. The third-order valence-corrected chi connectivity index (χ3v) is 11.4. The van der Waals surface area contributed by atoms with Crippen LogP contribution in [0.15, 0.2) is 199 Å². The summed E-state index contributed by atoms with van der Waals surface area (Å²) in [6.07, 6.45) is 0. The number of aromatic nitrogens is 4. The summed E-state index contributed by atoms with van der Waals surface area (Å²) in [6, 6.07) is 68.1. The summed E-state index contributed by atoms with van der Waals surface area (Å²) in [5.41, 5.74) is 9.89. The van der Waals surface area contributed by atoms with Gasteiger partial charge in [0, 0.05) is 38.1 Å². The molecule has 58 heavy (non-hydrogen) atoms. The molecule has 12 aromatic rings. The quantitative estimate of drug-likeness (QED) is 0.176. The predicted octanol–water partition coefficient (Wildman–Crippen LogP) is 13.8. The van der Waals surface area contributed by atoms with Crippen molar-refractivity contribution in [1.82, 2.24) is 19.5 Å². The van der Waals surface area contributed by atoms with Crippen LogP contribution in [0.25, 0.3) is 116 Å². The Balaban J connectivity index is 1.17. The van der Waals surface area contributed by atoms with Crippen LogP contribution in [-0.2, 0) is 0 Å². The maximum absolute atomic E-state index is 6.52. The van der Waals surface area contributed by atoms with Gasteiger partial charge in [-0.05, 0) is 69.8 Å². The number of fused-ring (bicyclic) bond motifs is 8. The summed E-state index contributed by atoms with van der Waals surface area (Å²) >= 11 is 0. The van der Waals surface area contributed by atoms with Crippen LogP contribution in [0.1, 0.15) is 0 Å². The van der Waals surface area contributed by atoms with Crippen LogP contribution in [0.3, 0.4) is 0 Å². The van der Waals surface area contributed by atoms with E-state index >= 15 is 0 Å². The predicted molar refractivity (Wildman–Crippen MR) is 238 cm³/mol. The molecule has 0 saturated heterocycles. The Hall–Kier alpha value is -7.89. The molecule has 0 atom stereocenters. The van der Waals surface area contributed by atoms with E-state index in [0.717, 1.165) is 77.2 Å². The molecule has 0 amide bonds. The number of hydrogen-bond acceptors (Lipinski definition) is 4. The molecule has 270 valence electrons. The molecule has 0 unspecified atom stereocenters. The van der Waals surface area contributed by atoms with Crippen molar-refractivity contribution in [1.29, 1.82) is 0 Å². The average molecular weight is 741 g/mol. The minimum absolute atomic E-state index is 0.555. The van der Waals surface area contributed by atoms with E-state index in [4.69, 9.17) is 19.4 Å². The standard InChI is InChI=1S/C53H32N4O/c1-3-15-33(16-4-1)37-23-13-24-40-42(29-30-46(49(37)40)57-45-27-11-9-21-38(45)44-31-35-19-7-8-20-36(35)32-47(44)57)52-54-51(34-17-5-2-6-18-34)55-53(56-52)43-26-14-25-41-39-22-10-12-28-48(39)58-50(41)43/h1-32H. The van der Waals surface area contributed by atoms with Crippen molar-refractivity contribution in [3.8, 4) is 51.0 Å². The molecular formula is C53H32N4O. The molecule has 5 heteroatoms. The smallest absolute Gasteiger partial charge is 0.167 e. The first kappa shape index (κ1) is 32.4. The maximum Gasteiger partial charge on any atom is 0.167 e. The fourth-order valence-electron chi connectivity index (χ4n) is 8.80.